The number of methoxy groups -OCH3 is 1. The van der Waals surface area contributed by atoms with Crippen molar-refractivity contribution in [2.45, 2.75) is 44.8 Å². The van der Waals surface area contributed by atoms with E-state index in [9.17, 15) is 4.79 Å². The number of ether oxygens (including phenoxy) is 2. The van der Waals surface area contributed by atoms with Crippen LogP contribution in [0.1, 0.15) is 32.1 Å². The van der Waals surface area contributed by atoms with Crippen molar-refractivity contribution in [1.29, 1.82) is 0 Å². The minimum absolute atomic E-state index is 0.119. The Hall–Kier alpha value is -1.97. The maximum atomic E-state index is 12.1. The van der Waals surface area contributed by atoms with Crippen LogP contribution in [0.15, 0.2) is 30.5 Å². The molecule has 0 saturated heterocycles. The van der Waals surface area contributed by atoms with Crippen molar-refractivity contribution in [2.75, 3.05) is 7.11 Å². The molecule has 4 heteroatoms. The molecule has 0 N–H and O–H groups in total. The number of esters is 1. The summed E-state index contributed by atoms with van der Waals surface area (Å²) in [5.74, 6) is 0.681. The fourth-order valence-electron chi connectivity index (χ4n) is 2.99. The molecule has 0 atom stereocenters. The van der Waals surface area contributed by atoms with Gasteiger partial charge in [-0.1, -0.05) is 6.42 Å². The lowest BCUT2D eigenvalue weighted by Gasteiger charge is -2.22. The molecular formula is C17H21NO3. The van der Waals surface area contributed by atoms with Crippen molar-refractivity contribution in [3.8, 4) is 5.75 Å². The number of carbonyl (C=O) groups is 1. The van der Waals surface area contributed by atoms with Gasteiger partial charge in [-0.05, 0) is 49.9 Å². The third-order valence-corrected chi connectivity index (χ3v) is 4.13. The quantitative estimate of drug-likeness (QED) is 0.808. The van der Waals surface area contributed by atoms with Crippen molar-refractivity contribution in [3.63, 3.8) is 0 Å². The second kappa shape index (κ2) is 6.20. The normalized spacial score (nSPS) is 16.0. The molecule has 0 spiro atoms. The zero-order valence-corrected chi connectivity index (χ0v) is 12.4. The number of nitrogens with zero attached hydrogens (tertiary/aromatic N) is 1. The molecule has 0 amide bonds. The Bertz CT molecular complexity index is 626. The summed E-state index contributed by atoms with van der Waals surface area (Å²) in [6, 6.07) is 7.84. The molecule has 2 aromatic rings. The largest absolute Gasteiger partial charge is 0.497 e. The van der Waals surface area contributed by atoms with Gasteiger partial charge < -0.3 is 14.0 Å². The van der Waals surface area contributed by atoms with Crippen LogP contribution < -0.4 is 4.74 Å². The summed E-state index contributed by atoms with van der Waals surface area (Å²) in [5, 5.41) is 1.07. The van der Waals surface area contributed by atoms with Gasteiger partial charge in [0.05, 0.1) is 7.11 Å². The lowest BCUT2D eigenvalue weighted by molar-refractivity contribution is -0.151. The first-order chi connectivity index (χ1) is 10.3. The maximum absolute atomic E-state index is 12.1. The Morgan fingerprint density at radius 1 is 1.24 bits per heavy atom. The molecule has 1 aromatic carbocycles. The van der Waals surface area contributed by atoms with Gasteiger partial charge in [-0.3, -0.25) is 4.79 Å². The van der Waals surface area contributed by atoms with Crippen LogP contribution in [0, 0.1) is 0 Å². The molecule has 1 saturated carbocycles. The van der Waals surface area contributed by atoms with E-state index >= 15 is 0 Å². The number of carbonyl (C=O) groups excluding carboxylic acids is 1. The first-order valence-corrected chi connectivity index (χ1v) is 7.58. The second-order valence-electron chi connectivity index (χ2n) is 5.62. The molecule has 1 aliphatic rings. The fourth-order valence-corrected chi connectivity index (χ4v) is 2.99. The van der Waals surface area contributed by atoms with E-state index in [0.29, 0.717) is 0 Å². The van der Waals surface area contributed by atoms with Crippen LogP contribution in [0.25, 0.3) is 10.9 Å². The summed E-state index contributed by atoms with van der Waals surface area (Å²) in [5.41, 5.74) is 1.02. The van der Waals surface area contributed by atoms with Crippen molar-refractivity contribution >= 4 is 16.9 Å². The summed E-state index contributed by atoms with van der Waals surface area (Å²) >= 11 is 0. The predicted octanol–water partition coefficient (Wildman–Crippen LogP) is 3.53. The van der Waals surface area contributed by atoms with Crippen molar-refractivity contribution in [2.24, 2.45) is 0 Å². The van der Waals surface area contributed by atoms with Crippen LogP contribution in [0.4, 0.5) is 0 Å². The van der Waals surface area contributed by atoms with Crippen molar-refractivity contribution < 1.29 is 14.3 Å². The number of aromatic nitrogens is 1. The second-order valence-corrected chi connectivity index (χ2v) is 5.62. The van der Waals surface area contributed by atoms with E-state index in [2.05, 4.69) is 0 Å². The summed E-state index contributed by atoms with van der Waals surface area (Å²) in [6.45, 7) is 0.270. The highest BCUT2D eigenvalue weighted by Gasteiger charge is 2.18. The summed E-state index contributed by atoms with van der Waals surface area (Å²) in [7, 11) is 1.65. The molecule has 0 radical (unpaired) electrons. The number of rotatable bonds is 4. The predicted molar refractivity (Wildman–Crippen MR) is 81.5 cm³/mol. The molecule has 3 rings (SSSR count). The van der Waals surface area contributed by atoms with Gasteiger partial charge in [-0.15, -0.1) is 0 Å². The fraction of sp³-hybridized carbons (Fsp3) is 0.471. The zero-order valence-electron chi connectivity index (χ0n) is 12.4. The highest BCUT2D eigenvalue weighted by atomic mass is 16.5. The number of benzene rings is 1. The third kappa shape index (κ3) is 3.20. The number of hydrogen-bond acceptors (Lipinski definition) is 3. The molecule has 1 aromatic heterocycles. The van der Waals surface area contributed by atoms with Crippen LogP contribution in [0.2, 0.25) is 0 Å². The van der Waals surface area contributed by atoms with Gasteiger partial charge in [0, 0.05) is 17.1 Å². The third-order valence-electron chi connectivity index (χ3n) is 4.13. The van der Waals surface area contributed by atoms with E-state index in [-0.39, 0.29) is 18.6 Å². The zero-order chi connectivity index (χ0) is 14.7. The Balaban J connectivity index is 1.68. The van der Waals surface area contributed by atoms with Gasteiger partial charge in [0.15, 0.2) is 0 Å². The van der Waals surface area contributed by atoms with Crippen molar-refractivity contribution in [1.82, 2.24) is 4.57 Å². The Labute approximate surface area is 124 Å². The molecular weight excluding hydrogens is 266 g/mol. The number of hydrogen-bond donors (Lipinski definition) is 0. The lowest BCUT2D eigenvalue weighted by atomic mass is 9.98. The summed E-state index contributed by atoms with van der Waals surface area (Å²) in [6.07, 6.45) is 7.66. The van der Waals surface area contributed by atoms with E-state index < -0.39 is 0 Å². The Kier molecular flexibility index (Phi) is 4.13. The van der Waals surface area contributed by atoms with Gasteiger partial charge in [-0.25, -0.2) is 0 Å². The van der Waals surface area contributed by atoms with Crippen LogP contribution in [-0.2, 0) is 16.1 Å². The van der Waals surface area contributed by atoms with E-state index in [0.717, 1.165) is 29.5 Å². The Morgan fingerprint density at radius 2 is 2.05 bits per heavy atom. The molecule has 1 aliphatic carbocycles. The minimum atomic E-state index is -0.143. The average Bonchev–Trinajstić information content (AvgIpc) is 2.90. The highest BCUT2D eigenvalue weighted by molar-refractivity contribution is 5.83. The van der Waals surface area contributed by atoms with Gasteiger partial charge in [0.25, 0.3) is 0 Å². The molecule has 1 fully saturated rings. The van der Waals surface area contributed by atoms with E-state index in [1.165, 1.54) is 19.3 Å². The van der Waals surface area contributed by atoms with Crippen LogP contribution >= 0.6 is 0 Å². The smallest absolute Gasteiger partial charge is 0.326 e. The van der Waals surface area contributed by atoms with Crippen LogP contribution in [0.3, 0.4) is 0 Å². The minimum Gasteiger partial charge on any atom is -0.497 e. The van der Waals surface area contributed by atoms with E-state index in [1.54, 1.807) is 7.11 Å². The molecule has 4 nitrogen and oxygen atoms in total. The van der Waals surface area contributed by atoms with Crippen molar-refractivity contribution in [3.05, 3.63) is 30.5 Å². The molecule has 1 heterocycles. The first-order valence-electron chi connectivity index (χ1n) is 7.58. The van der Waals surface area contributed by atoms with Gasteiger partial charge in [-0.2, -0.15) is 0 Å². The summed E-state index contributed by atoms with van der Waals surface area (Å²) < 4.78 is 12.7. The highest BCUT2D eigenvalue weighted by Crippen LogP contribution is 2.23. The lowest BCUT2D eigenvalue weighted by Crippen LogP contribution is -2.23. The molecule has 112 valence electrons. The molecule has 0 unspecified atom stereocenters. The molecule has 21 heavy (non-hydrogen) atoms. The molecule has 0 bridgehead atoms. The standard InChI is InChI=1S/C17H21NO3/c1-20-15-7-8-16-13(11-15)9-10-18(16)12-17(19)21-14-5-3-2-4-6-14/h7-11,14H,2-6,12H2,1H3. The number of fused-ring (bicyclic) bond motifs is 1. The van der Waals surface area contributed by atoms with Crippen LogP contribution in [0.5, 0.6) is 5.75 Å². The average molecular weight is 287 g/mol. The van der Waals surface area contributed by atoms with E-state index in [4.69, 9.17) is 9.47 Å². The van der Waals surface area contributed by atoms with E-state index in [1.807, 2.05) is 35.0 Å². The Morgan fingerprint density at radius 3 is 2.81 bits per heavy atom. The summed E-state index contributed by atoms with van der Waals surface area (Å²) in [4.78, 5) is 12.1. The van der Waals surface area contributed by atoms with Gasteiger partial charge in [0.1, 0.15) is 18.4 Å². The van der Waals surface area contributed by atoms with Crippen LogP contribution in [-0.4, -0.2) is 23.8 Å². The van der Waals surface area contributed by atoms with Gasteiger partial charge in [0.2, 0.25) is 0 Å². The van der Waals surface area contributed by atoms with Gasteiger partial charge >= 0.3 is 5.97 Å². The maximum Gasteiger partial charge on any atom is 0.326 e. The molecule has 0 aliphatic heterocycles. The first kappa shape index (κ1) is 14.0. The monoisotopic (exact) mass is 287 g/mol. The SMILES string of the molecule is COc1ccc2c(ccn2CC(=O)OC2CCCCC2)c1. The topological polar surface area (TPSA) is 40.5 Å².